The van der Waals surface area contributed by atoms with Crippen LogP contribution in [0.1, 0.15) is 0 Å². The molecule has 5 nitrogen and oxygen atoms in total. The van der Waals surface area contributed by atoms with Gasteiger partial charge in [0.05, 0.1) is 21.1 Å². The number of H-pyrrole nitrogens is 2. The van der Waals surface area contributed by atoms with Gasteiger partial charge >= 0.3 is 11.1 Å². The van der Waals surface area contributed by atoms with Crippen molar-refractivity contribution < 1.29 is 0 Å². The Bertz CT molecular complexity index is 1020. The van der Waals surface area contributed by atoms with E-state index in [0.29, 0.717) is 26.0 Å². The minimum Gasteiger partial charge on any atom is -0.326 e. The van der Waals surface area contributed by atoms with Crippen molar-refractivity contribution in [1.29, 1.82) is 0 Å². The zero-order valence-electron chi connectivity index (χ0n) is 11.2. The average Bonchev–Trinajstić information content (AvgIpc) is 2.50. The van der Waals surface area contributed by atoms with E-state index in [1.54, 1.807) is 18.2 Å². The van der Waals surface area contributed by atoms with E-state index >= 15 is 0 Å². The van der Waals surface area contributed by atoms with Gasteiger partial charge in [0.15, 0.2) is 0 Å². The molecule has 0 unspecified atom stereocenters. The van der Waals surface area contributed by atoms with Crippen LogP contribution in [-0.2, 0) is 0 Å². The summed E-state index contributed by atoms with van der Waals surface area (Å²) in [6.07, 6.45) is 0. The van der Waals surface area contributed by atoms with Crippen molar-refractivity contribution in [2.24, 2.45) is 0 Å². The van der Waals surface area contributed by atoms with E-state index in [-0.39, 0.29) is 0 Å². The molecule has 0 bridgehead atoms. The summed E-state index contributed by atoms with van der Waals surface area (Å²) in [4.78, 5) is 28.4. The third kappa shape index (κ3) is 3.58. The molecule has 0 amide bonds. The third-order valence-corrected chi connectivity index (χ3v) is 5.53. The van der Waals surface area contributed by atoms with Crippen LogP contribution >= 0.6 is 51.1 Å². The van der Waals surface area contributed by atoms with Crippen LogP contribution in [0.5, 0.6) is 0 Å². The molecule has 0 spiro atoms. The van der Waals surface area contributed by atoms with Gasteiger partial charge in [0.1, 0.15) is 0 Å². The standard InChI is InChI=1S/C14H8BrCl2N3O2S/c15-7-2-1-6(3-8(7)16)20-23-12-5-11-10(4-9(12)17)18-13(21)14(22)19-11/h1-5,20H,(H,18,21)(H,19,22). The fraction of sp³-hybridized carbons (Fsp3) is 0. The highest BCUT2D eigenvalue weighted by atomic mass is 79.9. The van der Waals surface area contributed by atoms with Crippen LogP contribution in [0.25, 0.3) is 11.0 Å². The van der Waals surface area contributed by atoms with Gasteiger partial charge < -0.3 is 14.7 Å². The van der Waals surface area contributed by atoms with Gasteiger partial charge in [0.25, 0.3) is 0 Å². The van der Waals surface area contributed by atoms with E-state index in [2.05, 4.69) is 30.6 Å². The van der Waals surface area contributed by atoms with E-state index in [4.69, 9.17) is 23.2 Å². The van der Waals surface area contributed by atoms with Gasteiger partial charge in [-0.15, -0.1) is 0 Å². The predicted octanol–water partition coefficient (Wildman–Crippen LogP) is 4.40. The summed E-state index contributed by atoms with van der Waals surface area (Å²) in [6, 6.07) is 8.74. The van der Waals surface area contributed by atoms with Crippen LogP contribution in [0.4, 0.5) is 5.69 Å². The number of aromatic amines is 2. The summed E-state index contributed by atoms with van der Waals surface area (Å²) in [5, 5.41) is 1.03. The molecule has 3 rings (SSSR count). The molecular formula is C14H8BrCl2N3O2S. The molecule has 0 saturated carbocycles. The SMILES string of the molecule is O=c1[nH]c2cc(Cl)c(SNc3ccc(Br)c(Cl)c3)cc2[nH]c1=O. The van der Waals surface area contributed by atoms with Crippen molar-refractivity contribution >= 4 is 67.8 Å². The lowest BCUT2D eigenvalue weighted by molar-refractivity contribution is 1.14. The number of hydrogen-bond acceptors (Lipinski definition) is 4. The number of aromatic nitrogens is 2. The molecule has 1 aromatic heterocycles. The molecule has 9 heteroatoms. The Hall–Kier alpha value is -1.41. The molecule has 0 fully saturated rings. The van der Waals surface area contributed by atoms with Crippen molar-refractivity contribution in [3.05, 3.63) is 65.6 Å². The first-order chi connectivity index (χ1) is 10.9. The Morgan fingerprint density at radius 2 is 1.61 bits per heavy atom. The zero-order valence-corrected chi connectivity index (χ0v) is 15.2. The molecule has 0 atom stereocenters. The quantitative estimate of drug-likeness (QED) is 0.423. The molecule has 2 aromatic carbocycles. The minimum absolute atomic E-state index is 0.445. The summed E-state index contributed by atoms with van der Waals surface area (Å²) >= 11 is 16.8. The predicted molar refractivity (Wildman–Crippen MR) is 98.8 cm³/mol. The second-order valence-corrected chi connectivity index (χ2v) is 7.09. The van der Waals surface area contributed by atoms with E-state index in [0.717, 1.165) is 10.2 Å². The number of rotatable bonds is 3. The first kappa shape index (κ1) is 16.4. The van der Waals surface area contributed by atoms with Crippen molar-refractivity contribution in [1.82, 2.24) is 9.97 Å². The Morgan fingerprint density at radius 3 is 2.26 bits per heavy atom. The first-order valence-corrected chi connectivity index (χ1v) is 8.64. The zero-order chi connectivity index (χ0) is 16.6. The maximum absolute atomic E-state index is 11.4. The molecular weight excluding hydrogens is 425 g/mol. The van der Waals surface area contributed by atoms with Crippen LogP contribution in [0, 0.1) is 0 Å². The van der Waals surface area contributed by atoms with Crippen molar-refractivity contribution in [2.45, 2.75) is 4.90 Å². The van der Waals surface area contributed by atoms with Gasteiger partial charge in [-0.25, -0.2) is 0 Å². The Morgan fingerprint density at radius 1 is 0.957 bits per heavy atom. The molecule has 118 valence electrons. The molecule has 3 N–H and O–H groups in total. The summed E-state index contributed by atoms with van der Waals surface area (Å²) in [7, 11) is 0. The monoisotopic (exact) mass is 431 g/mol. The number of hydrogen-bond donors (Lipinski definition) is 3. The molecule has 0 saturated heterocycles. The maximum Gasteiger partial charge on any atom is 0.314 e. The lowest BCUT2D eigenvalue weighted by atomic mass is 10.3. The molecule has 23 heavy (non-hydrogen) atoms. The van der Waals surface area contributed by atoms with E-state index in [1.807, 2.05) is 12.1 Å². The fourth-order valence-electron chi connectivity index (χ4n) is 1.87. The summed E-state index contributed by atoms with van der Waals surface area (Å²) < 4.78 is 3.93. The van der Waals surface area contributed by atoms with Crippen LogP contribution in [0.3, 0.4) is 0 Å². The number of halogens is 3. The molecule has 0 aliphatic heterocycles. The topological polar surface area (TPSA) is 77.8 Å². The maximum atomic E-state index is 11.4. The molecule has 3 aromatic rings. The van der Waals surface area contributed by atoms with Crippen LogP contribution < -0.4 is 15.8 Å². The van der Waals surface area contributed by atoms with E-state index in [9.17, 15) is 9.59 Å². The van der Waals surface area contributed by atoms with Gasteiger partial charge in [0, 0.05) is 15.1 Å². The van der Waals surface area contributed by atoms with Crippen molar-refractivity contribution in [3.8, 4) is 0 Å². The highest BCUT2D eigenvalue weighted by Crippen LogP contribution is 2.32. The largest absolute Gasteiger partial charge is 0.326 e. The Kier molecular flexibility index (Phi) is 4.72. The summed E-state index contributed by atoms with van der Waals surface area (Å²) in [5.41, 5.74) is 0.349. The normalized spacial score (nSPS) is 10.9. The van der Waals surface area contributed by atoms with Crippen LogP contribution in [0.15, 0.2) is 49.3 Å². The van der Waals surface area contributed by atoms with Gasteiger partial charge in [-0.05, 0) is 58.2 Å². The van der Waals surface area contributed by atoms with Crippen molar-refractivity contribution in [3.63, 3.8) is 0 Å². The Labute approximate surface area is 152 Å². The number of nitrogens with one attached hydrogen (secondary N) is 3. The van der Waals surface area contributed by atoms with Gasteiger partial charge in [-0.2, -0.15) is 0 Å². The number of benzene rings is 2. The average molecular weight is 433 g/mol. The van der Waals surface area contributed by atoms with Gasteiger partial charge in [-0.1, -0.05) is 23.2 Å². The van der Waals surface area contributed by atoms with Crippen molar-refractivity contribution in [2.75, 3.05) is 4.72 Å². The van der Waals surface area contributed by atoms with Gasteiger partial charge in [0.2, 0.25) is 0 Å². The lowest BCUT2D eigenvalue weighted by Crippen LogP contribution is -2.28. The third-order valence-electron chi connectivity index (χ3n) is 2.97. The molecule has 0 radical (unpaired) electrons. The molecule has 0 aliphatic carbocycles. The Balaban J connectivity index is 1.91. The highest BCUT2D eigenvalue weighted by Gasteiger charge is 2.08. The molecule has 1 heterocycles. The number of anilines is 1. The summed E-state index contributed by atoms with van der Waals surface area (Å²) in [6.45, 7) is 0. The van der Waals surface area contributed by atoms with Gasteiger partial charge in [-0.3, -0.25) is 9.59 Å². The number of fused-ring (bicyclic) bond motifs is 1. The second-order valence-electron chi connectivity index (χ2n) is 4.57. The smallest absolute Gasteiger partial charge is 0.314 e. The fourth-order valence-corrected chi connectivity index (χ4v) is 3.26. The second kappa shape index (κ2) is 6.60. The molecule has 0 aliphatic rings. The van der Waals surface area contributed by atoms with Crippen LogP contribution in [0.2, 0.25) is 10.0 Å². The van der Waals surface area contributed by atoms with Crippen LogP contribution in [-0.4, -0.2) is 9.97 Å². The minimum atomic E-state index is -0.711. The lowest BCUT2D eigenvalue weighted by Gasteiger charge is -2.09. The highest BCUT2D eigenvalue weighted by molar-refractivity contribution is 9.10. The summed E-state index contributed by atoms with van der Waals surface area (Å²) in [5.74, 6) is 0. The van der Waals surface area contributed by atoms with E-state index in [1.165, 1.54) is 11.9 Å². The van der Waals surface area contributed by atoms with E-state index < -0.39 is 11.1 Å². The first-order valence-electron chi connectivity index (χ1n) is 6.28.